The summed E-state index contributed by atoms with van der Waals surface area (Å²) in [5, 5.41) is 3.18. The van der Waals surface area contributed by atoms with Crippen LogP contribution in [0.15, 0.2) is 30.3 Å². The SMILES string of the molecule is CC(C)COC(=O)N1CCCN(CC(=O)NC(c2ccccc2)C(C)C)CC1. The van der Waals surface area contributed by atoms with Crippen LogP contribution in [0.2, 0.25) is 0 Å². The first-order valence-electron chi connectivity index (χ1n) is 10.3. The second-order valence-corrected chi connectivity index (χ2v) is 8.29. The summed E-state index contributed by atoms with van der Waals surface area (Å²) in [6, 6.07) is 10.1. The van der Waals surface area contributed by atoms with E-state index >= 15 is 0 Å². The van der Waals surface area contributed by atoms with Crippen molar-refractivity contribution in [3.8, 4) is 0 Å². The molecule has 0 radical (unpaired) electrons. The van der Waals surface area contributed by atoms with Gasteiger partial charge in [0.25, 0.3) is 0 Å². The molecule has 28 heavy (non-hydrogen) atoms. The van der Waals surface area contributed by atoms with Gasteiger partial charge in [0.1, 0.15) is 0 Å². The average Bonchev–Trinajstić information content (AvgIpc) is 2.90. The lowest BCUT2D eigenvalue weighted by molar-refractivity contribution is -0.123. The van der Waals surface area contributed by atoms with Gasteiger partial charge in [-0.25, -0.2) is 4.79 Å². The Morgan fingerprint density at radius 3 is 2.39 bits per heavy atom. The fourth-order valence-electron chi connectivity index (χ4n) is 3.36. The lowest BCUT2D eigenvalue weighted by atomic mass is 9.96. The van der Waals surface area contributed by atoms with E-state index in [-0.39, 0.29) is 18.0 Å². The molecule has 6 nitrogen and oxygen atoms in total. The maximum atomic E-state index is 12.6. The minimum atomic E-state index is -0.246. The summed E-state index contributed by atoms with van der Waals surface area (Å²) in [7, 11) is 0. The van der Waals surface area contributed by atoms with Crippen LogP contribution >= 0.6 is 0 Å². The van der Waals surface area contributed by atoms with Gasteiger partial charge in [-0.2, -0.15) is 0 Å². The molecule has 1 heterocycles. The fourth-order valence-corrected chi connectivity index (χ4v) is 3.36. The zero-order valence-corrected chi connectivity index (χ0v) is 17.7. The number of ether oxygens (including phenoxy) is 1. The van der Waals surface area contributed by atoms with Crippen molar-refractivity contribution in [3.63, 3.8) is 0 Å². The largest absolute Gasteiger partial charge is 0.449 e. The molecule has 6 heteroatoms. The number of carbonyl (C=O) groups is 2. The standard InChI is InChI=1S/C22H35N3O3/c1-17(2)16-28-22(27)25-12-8-11-24(13-14-25)15-20(26)23-21(18(3)4)19-9-6-5-7-10-19/h5-7,9-10,17-18,21H,8,11-16H2,1-4H3,(H,23,26). The zero-order valence-electron chi connectivity index (χ0n) is 17.7. The van der Waals surface area contributed by atoms with Crippen molar-refractivity contribution in [2.45, 2.75) is 40.2 Å². The number of benzene rings is 1. The first-order valence-corrected chi connectivity index (χ1v) is 10.3. The van der Waals surface area contributed by atoms with Gasteiger partial charge < -0.3 is 15.0 Å². The maximum absolute atomic E-state index is 12.6. The van der Waals surface area contributed by atoms with Gasteiger partial charge in [0.2, 0.25) is 5.91 Å². The normalized spacial score (nSPS) is 16.7. The second kappa shape index (κ2) is 11.1. The quantitative estimate of drug-likeness (QED) is 0.777. The molecule has 0 spiro atoms. The highest BCUT2D eigenvalue weighted by atomic mass is 16.6. The van der Waals surface area contributed by atoms with Crippen LogP contribution in [0.25, 0.3) is 0 Å². The van der Waals surface area contributed by atoms with Crippen LogP contribution in [-0.2, 0) is 9.53 Å². The van der Waals surface area contributed by atoms with Gasteiger partial charge in [0.05, 0.1) is 19.2 Å². The third-order valence-corrected chi connectivity index (χ3v) is 4.90. The molecule has 1 atom stereocenters. The van der Waals surface area contributed by atoms with Crippen LogP contribution in [0.3, 0.4) is 0 Å². The molecular weight excluding hydrogens is 354 g/mol. The second-order valence-electron chi connectivity index (χ2n) is 8.29. The van der Waals surface area contributed by atoms with E-state index in [1.54, 1.807) is 4.90 Å². The summed E-state index contributed by atoms with van der Waals surface area (Å²) in [5.74, 6) is 0.662. The number of carbonyl (C=O) groups excluding carboxylic acids is 2. The third kappa shape index (κ3) is 7.15. The Morgan fingerprint density at radius 2 is 1.75 bits per heavy atom. The zero-order chi connectivity index (χ0) is 20.5. The van der Waals surface area contributed by atoms with Crippen molar-refractivity contribution in [2.75, 3.05) is 39.3 Å². The van der Waals surface area contributed by atoms with Crippen LogP contribution < -0.4 is 5.32 Å². The van der Waals surface area contributed by atoms with E-state index in [9.17, 15) is 9.59 Å². The summed E-state index contributed by atoms with van der Waals surface area (Å²) in [6.07, 6.45) is 0.597. The van der Waals surface area contributed by atoms with E-state index in [2.05, 4.69) is 36.2 Å². The topological polar surface area (TPSA) is 61.9 Å². The van der Waals surface area contributed by atoms with Crippen LogP contribution in [0.4, 0.5) is 4.79 Å². The van der Waals surface area contributed by atoms with Crippen LogP contribution in [0.1, 0.15) is 45.7 Å². The van der Waals surface area contributed by atoms with Crippen LogP contribution in [0, 0.1) is 11.8 Å². The number of amides is 2. The van der Waals surface area contributed by atoms with Crippen molar-refractivity contribution in [3.05, 3.63) is 35.9 Å². The Kier molecular flexibility index (Phi) is 8.77. The van der Waals surface area contributed by atoms with E-state index in [1.165, 1.54) is 0 Å². The number of hydrogen-bond donors (Lipinski definition) is 1. The Hall–Kier alpha value is -2.08. The maximum Gasteiger partial charge on any atom is 0.409 e. The Balaban J connectivity index is 1.84. The fraction of sp³-hybridized carbons (Fsp3) is 0.636. The van der Waals surface area contributed by atoms with Gasteiger partial charge in [-0.3, -0.25) is 9.69 Å². The lowest BCUT2D eigenvalue weighted by Crippen LogP contribution is -2.42. The van der Waals surface area contributed by atoms with Crippen molar-refractivity contribution >= 4 is 12.0 Å². The highest BCUT2D eigenvalue weighted by Crippen LogP contribution is 2.21. The molecule has 1 aliphatic heterocycles. The van der Waals surface area contributed by atoms with Gasteiger partial charge in [-0.1, -0.05) is 58.0 Å². The smallest absolute Gasteiger partial charge is 0.409 e. The first-order chi connectivity index (χ1) is 13.4. The molecule has 1 N–H and O–H groups in total. The molecule has 2 rings (SSSR count). The van der Waals surface area contributed by atoms with Crippen LogP contribution in [0.5, 0.6) is 0 Å². The minimum Gasteiger partial charge on any atom is -0.449 e. The van der Waals surface area contributed by atoms with E-state index in [4.69, 9.17) is 4.74 Å². The van der Waals surface area contributed by atoms with Crippen molar-refractivity contribution in [1.82, 2.24) is 15.1 Å². The molecule has 156 valence electrons. The summed E-state index contributed by atoms with van der Waals surface area (Å²) >= 11 is 0. The van der Waals surface area contributed by atoms with Gasteiger partial charge >= 0.3 is 6.09 Å². The molecule has 1 aliphatic rings. The number of nitrogens with one attached hydrogen (secondary N) is 1. The summed E-state index contributed by atoms with van der Waals surface area (Å²) in [5.41, 5.74) is 1.13. The Labute approximate surface area is 169 Å². The molecule has 1 fully saturated rings. The molecular formula is C22H35N3O3. The summed E-state index contributed by atoms with van der Waals surface area (Å²) in [4.78, 5) is 28.7. The first kappa shape index (κ1) is 22.2. The summed E-state index contributed by atoms with van der Waals surface area (Å²) < 4.78 is 5.33. The minimum absolute atomic E-state index is 0.00295. The monoisotopic (exact) mass is 389 g/mol. The Morgan fingerprint density at radius 1 is 1.04 bits per heavy atom. The van der Waals surface area contributed by atoms with Gasteiger partial charge in [-0.05, 0) is 23.8 Å². The molecule has 2 amide bonds. The molecule has 0 aliphatic carbocycles. The highest BCUT2D eigenvalue weighted by molar-refractivity contribution is 5.78. The van der Waals surface area contributed by atoms with Crippen molar-refractivity contribution in [1.29, 1.82) is 0 Å². The van der Waals surface area contributed by atoms with E-state index in [1.807, 2.05) is 32.0 Å². The van der Waals surface area contributed by atoms with Gasteiger partial charge in [0, 0.05) is 26.2 Å². The number of nitrogens with zero attached hydrogens (tertiary/aromatic N) is 2. The molecule has 1 aromatic carbocycles. The van der Waals surface area contributed by atoms with Crippen molar-refractivity contribution < 1.29 is 14.3 Å². The highest BCUT2D eigenvalue weighted by Gasteiger charge is 2.23. The third-order valence-electron chi connectivity index (χ3n) is 4.90. The molecule has 1 saturated heterocycles. The van der Waals surface area contributed by atoms with E-state index in [0.717, 1.165) is 18.5 Å². The van der Waals surface area contributed by atoms with Gasteiger partial charge in [0.15, 0.2) is 0 Å². The lowest BCUT2D eigenvalue weighted by Gasteiger charge is -2.25. The summed E-state index contributed by atoms with van der Waals surface area (Å²) in [6.45, 7) is 11.8. The van der Waals surface area contributed by atoms with E-state index in [0.29, 0.717) is 44.6 Å². The Bertz CT molecular complexity index is 619. The molecule has 1 aromatic rings. The van der Waals surface area contributed by atoms with E-state index < -0.39 is 0 Å². The predicted molar refractivity (Wildman–Crippen MR) is 111 cm³/mol. The molecule has 1 unspecified atom stereocenters. The van der Waals surface area contributed by atoms with Crippen molar-refractivity contribution in [2.24, 2.45) is 11.8 Å². The molecule has 0 bridgehead atoms. The predicted octanol–water partition coefficient (Wildman–Crippen LogP) is 3.30. The number of hydrogen-bond acceptors (Lipinski definition) is 4. The molecule has 0 saturated carbocycles. The number of rotatable bonds is 7. The van der Waals surface area contributed by atoms with Gasteiger partial charge in [-0.15, -0.1) is 0 Å². The molecule has 0 aromatic heterocycles. The average molecular weight is 390 g/mol. The van der Waals surface area contributed by atoms with Crippen LogP contribution in [-0.4, -0.2) is 61.1 Å².